The van der Waals surface area contributed by atoms with Gasteiger partial charge >= 0.3 is 0 Å². The van der Waals surface area contributed by atoms with Gasteiger partial charge in [-0.15, -0.1) is 0 Å². The SMILES string of the molecule is C[C@@H](NC(=O)/C(C#N)=C\c1cc(Br)ccc1OCc1ccccc1F)c1ccccc1. The Labute approximate surface area is 189 Å². The summed E-state index contributed by atoms with van der Waals surface area (Å²) in [6, 6.07) is 22.8. The molecular weight excluding hydrogens is 459 g/mol. The van der Waals surface area contributed by atoms with Crippen molar-refractivity contribution in [2.24, 2.45) is 0 Å². The molecule has 6 heteroatoms. The Bertz CT molecular complexity index is 1140. The summed E-state index contributed by atoms with van der Waals surface area (Å²) in [7, 11) is 0. The second-order valence-electron chi connectivity index (χ2n) is 6.84. The van der Waals surface area contributed by atoms with Gasteiger partial charge in [0.2, 0.25) is 0 Å². The van der Waals surface area contributed by atoms with Crippen molar-refractivity contribution in [1.82, 2.24) is 5.32 Å². The molecule has 1 atom stereocenters. The molecule has 4 nitrogen and oxygen atoms in total. The molecule has 3 aromatic rings. The molecule has 0 fully saturated rings. The normalized spacial score (nSPS) is 12.0. The lowest BCUT2D eigenvalue weighted by Gasteiger charge is -2.14. The van der Waals surface area contributed by atoms with Crippen molar-refractivity contribution in [3.05, 3.63) is 105 Å². The number of amides is 1. The van der Waals surface area contributed by atoms with Crippen molar-refractivity contribution in [3.8, 4) is 11.8 Å². The monoisotopic (exact) mass is 478 g/mol. The number of hydrogen-bond donors (Lipinski definition) is 1. The second-order valence-corrected chi connectivity index (χ2v) is 7.75. The van der Waals surface area contributed by atoms with Gasteiger partial charge in [-0.3, -0.25) is 4.79 Å². The molecule has 1 N–H and O–H groups in total. The van der Waals surface area contributed by atoms with Crippen LogP contribution in [-0.2, 0) is 11.4 Å². The maximum Gasteiger partial charge on any atom is 0.262 e. The summed E-state index contributed by atoms with van der Waals surface area (Å²) in [6.07, 6.45) is 1.47. The molecule has 0 spiro atoms. The molecule has 0 aliphatic rings. The average molecular weight is 479 g/mol. The second kappa shape index (κ2) is 10.6. The van der Waals surface area contributed by atoms with E-state index in [0.29, 0.717) is 16.9 Å². The first-order valence-corrected chi connectivity index (χ1v) is 10.4. The standard InChI is InChI=1S/C25H20BrFN2O2/c1-17(18-7-3-2-4-8-18)29-25(30)21(15-28)13-20-14-22(26)11-12-24(20)31-16-19-9-5-6-10-23(19)27/h2-14,17H,16H2,1H3,(H,29,30)/b21-13-/t17-/m1/s1. The van der Waals surface area contributed by atoms with Gasteiger partial charge in [-0.2, -0.15) is 5.26 Å². The minimum Gasteiger partial charge on any atom is -0.488 e. The zero-order valence-corrected chi connectivity index (χ0v) is 18.4. The van der Waals surface area contributed by atoms with Crippen molar-refractivity contribution in [2.45, 2.75) is 19.6 Å². The van der Waals surface area contributed by atoms with Crippen molar-refractivity contribution in [1.29, 1.82) is 5.26 Å². The van der Waals surface area contributed by atoms with Crippen LogP contribution in [0.2, 0.25) is 0 Å². The Kier molecular flexibility index (Phi) is 7.58. The van der Waals surface area contributed by atoms with Crippen LogP contribution in [-0.4, -0.2) is 5.91 Å². The van der Waals surface area contributed by atoms with E-state index in [4.69, 9.17) is 4.74 Å². The molecule has 0 aliphatic heterocycles. The van der Waals surface area contributed by atoms with Crippen LogP contribution in [0.5, 0.6) is 5.75 Å². The first kappa shape index (κ1) is 22.3. The first-order valence-electron chi connectivity index (χ1n) is 9.61. The molecule has 0 aliphatic carbocycles. The first-order chi connectivity index (χ1) is 15.0. The lowest BCUT2D eigenvalue weighted by Crippen LogP contribution is -2.27. The van der Waals surface area contributed by atoms with Crippen molar-refractivity contribution < 1.29 is 13.9 Å². The number of nitrogens with zero attached hydrogens (tertiary/aromatic N) is 1. The number of hydrogen-bond acceptors (Lipinski definition) is 3. The largest absolute Gasteiger partial charge is 0.488 e. The average Bonchev–Trinajstić information content (AvgIpc) is 2.78. The van der Waals surface area contributed by atoms with Crippen LogP contribution in [0.3, 0.4) is 0 Å². The summed E-state index contributed by atoms with van der Waals surface area (Å²) in [5, 5.41) is 12.4. The van der Waals surface area contributed by atoms with E-state index >= 15 is 0 Å². The third-order valence-corrected chi connectivity index (χ3v) is 5.12. The summed E-state index contributed by atoms with van der Waals surface area (Å²) < 4.78 is 20.4. The van der Waals surface area contributed by atoms with Gasteiger partial charge in [-0.05, 0) is 42.8 Å². The highest BCUT2D eigenvalue weighted by atomic mass is 79.9. The van der Waals surface area contributed by atoms with E-state index in [1.807, 2.05) is 43.3 Å². The van der Waals surface area contributed by atoms with Gasteiger partial charge < -0.3 is 10.1 Å². The number of nitrogens with one attached hydrogen (secondary N) is 1. The van der Waals surface area contributed by atoms with E-state index in [2.05, 4.69) is 21.2 Å². The van der Waals surface area contributed by atoms with Gasteiger partial charge in [0.1, 0.15) is 29.8 Å². The van der Waals surface area contributed by atoms with Crippen LogP contribution in [0, 0.1) is 17.1 Å². The Balaban J connectivity index is 1.81. The van der Waals surface area contributed by atoms with E-state index in [1.165, 1.54) is 12.1 Å². The Morgan fingerprint density at radius 2 is 1.87 bits per heavy atom. The minimum absolute atomic E-state index is 0.0221. The summed E-state index contributed by atoms with van der Waals surface area (Å²) in [5.41, 5.74) is 1.82. The minimum atomic E-state index is -0.487. The Morgan fingerprint density at radius 1 is 1.16 bits per heavy atom. The zero-order chi connectivity index (χ0) is 22.2. The Hall–Kier alpha value is -3.43. The topological polar surface area (TPSA) is 62.1 Å². The van der Waals surface area contributed by atoms with Crippen LogP contribution < -0.4 is 10.1 Å². The van der Waals surface area contributed by atoms with Gasteiger partial charge in [-0.1, -0.05) is 64.5 Å². The number of carbonyl (C=O) groups excluding carboxylic acids is 1. The van der Waals surface area contributed by atoms with E-state index in [9.17, 15) is 14.4 Å². The quantitative estimate of drug-likeness (QED) is 0.337. The fourth-order valence-electron chi connectivity index (χ4n) is 2.94. The van der Waals surface area contributed by atoms with Crippen molar-refractivity contribution in [3.63, 3.8) is 0 Å². The van der Waals surface area contributed by atoms with Crippen LogP contribution in [0.1, 0.15) is 29.7 Å². The molecule has 3 aromatic carbocycles. The van der Waals surface area contributed by atoms with Gasteiger partial charge in [0.15, 0.2) is 0 Å². The summed E-state index contributed by atoms with van der Waals surface area (Å²) in [5.74, 6) is -0.411. The molecule has 0 unspecified atom stereocenters. The third kappa shape index (κ3) is 6.03. The predicted molar refractivity (Wildman–Crippen MR) is 121 cm³/mol. The maximum absolute atomic E-state index is 13.9. The predicted octanol–water partition coefficient (Wildman–Crippen LogP) is 5.95. The fourth-order valence-corrected chi connectivity index (χ4v) is 3.32. The molecular formula is C25H20BrFN2O2. The number of nitriles is 1. The summed E-state index contributed by atoms with van der Waals surface area (Å²) in [6.45, 7) is 1.87. The molecule has 1 amide bonds. The summed E-state index contributed by atoms with van der Waals surface area (Å²) >= 11 is 3.40. The molecule has 31 heavy (non-hydrogen) atoms. The molecule has 0 saturated carbocycles. The number of ether oxygens (including phenoxy) is 1. The van der Waals surface area contributed by atoms with Crippen LogP contribution in [0.25, 0.3) is 6.08 Å². The maximum atomic E-state index is 13.9. The van der Waals surface area contributed by atoms with E-state index in [0.717, 1.165) is 10.0 Å². The van der Waals surface area contributed by atoms with Crippen LogP contribution in [0.15, 0.2) is 82.8 Å². The van der Waals surface area contributed by atoms with Gasteiger partial charge in [-0.25, -0.2) is 4.39 Å². The lowest BCUT2D eigenvalue weighted by atomic mass is 10.1. The fraction of sp³-hybridized carbons (Fsp3) is 0.120. The van der Waals surface area contributed by atoms with Crippen LogP contribution in [0.4, 0.5) is 4.39 Å². The Morgan fingerprint density at radius 3 is 2.58 bits per heavy atom. The van der Waals surface area contributed by atoms with E-state index in [-0.39, 0.29) is 24.0 Å². The number of benzene rings is 3. The third-order valence-electron chi connectivity index (χ3n) is 4.62. The van der Waals surface area contributed by atoms with Crippen LogP contribution >= 0.6 is 15.9 Å². The highest BCUT2D eigenvalue weighted by molar-refractivity contribution is 9.10. The molecule has 156 valence electrons. The van der Waals surface area contributed by atoms with E-state index < -0.39 is 5.91 Å². The molecule has 0 aromatic heterocycles. The number of carbonyl (C=O) groups is 1. The van der Waals surface area contributed by atoms with Gasteiger partial charge in [0.25, 0.3) is 5.91 Å². The van der Waals surface area contributed by atoms with Gasteiger partial charge in [0.05, 0.1) is 6.04 Å². The smallest absolute Gasteiger partial charge is 0.262 e. The molecule has 0 saturated heterocycles. The number of halogens is 2. The molecule has 0 heterocycles. The van der Waals surface area contributed by atoms with Crippen molar-refractivity contribution >= 4 is 27.9 Å². The highest BCUT2D eigenvalue weighted by Crippen LogP contribution is 2.27. The number of rotatable bonds is 7. The summed E-state index contributed by atoms with van der Waals surface area (Å²) in [4.78, 5) is 12.7. The lowest BCUT2D eigenvalue weighted by molar-refractivity contribution is -0.117. The van der Waals surface area contributed by atoms with Crippen molar-refractivity contribution in [2.75, 3.05) is 0 Å². The molecule has 3 rings (SSSR count). The molecule has 0 bridgehead atoms. The highest BCUT2D eigenvalue weighted by Gasteiger charge is 2.15. The zero-order valence-electron chi connectivity index (χ0n) is 16.8. The molecule has 0 radical (unpaired) electrons. The van der Waals surface area contributed by atoms with Gasteiger partial charge in [0, 0.05) is 15.6 Å². The van der Waals surface area contributed by atoms with E-state index in [1.54, 1.807) is 36.4 Å².